The molecule has 7 nitrogen and oxygen atoms in total. The summed E-state index contributed by atoms with van der Waals surface area (Å²) in [6.07, 6.45) is 5.37. The zero-order chi connectivity index (χ0) is 28.2. The summed E-state index contributed by atoms with van der Waals surface area (Å²) in [5.74, 6) is 0.0426. The lowest BCUT2D eigenvalue weighted by molar-refractivity contribution is -0.120. The number of Topliss-reactive ketones (excluding diaryl/α,β-unsaturated/α-hetero) is 1. The summed E-state index contributed by atoms with van der Waals surface area (Å²) in [5.41, 5.74) is 3.18. The van der Waals surface area contributed by atoms with Crippen molar-refractivity contribution in [3.63, 3.8) is 0 Å². The third-order valence-corrected chi connectivity index (χ3v) is 6.78. The summed E-state index contributed by atoms with van der Waals surface area (Å²) in [7, 11) is 0. The Morgan fingerprint density at radius 1 is 0.925 bits per heavy atom. The first-order valence-corrected chi connectivity index (χ1v) is 13.1. The molecule has 2 aromatic heterocycles. The number of carbonyl (C=O) groups excluding carboxylic acids is 2. The number of amides is 1. The molecule has 0 aliphatic heterocycles. The second-order valence-electron chi connectivity index (χ2n) is 10.1. The average Bonchev–Trinajstić information content (AvgIpc) is 3.46. The van der Waals surface area contributed by atoms with E-state index in [4.69, 9.17) is 0 Å². The van der Waals surface area contributed by atoms with Crippen LogP contribution in [0, 0.1) is 11.7 Å². The predicted molar refractivity (Wildman–Crippen MR) is 155 cm³/mol. The third kappa shape index (κ3) is 6.07. The minimum atomic E-state index is -0.339. The van der Waals surface area contributed by atoms with Gasteiger partial charge in [0, 0.05) is 40.5 Å². The molecule has 0 fully saturated rings. The fourth-order valence-electron chi connectivity index (χ4n) is 4.33. The number of benzene rings is 3. The lowest BCUT2D eigenvalue weighted by Gasteiger charge is -2.16. The SMILES string of the molecule is CC(C)C(=O)CNc1cc(C(=O)N[C@H](C)c2ccc(F)cc2)cc(-c2cn(-c3cc4ccccc4cn3)cn2)c1. The molecule has 3 aromatic carbocycles. The number of carbonyl (C=O) groups is 2. The summed E-state index contributed by atoms with van der Waals surface area (Å²) >= 11 is 0. The molecule has 0 aliphatic rings. The number of hydrogen-bond acceptors (Lipinski definition) is 5. The second kappa shape index (κ2) is 11.5. The molecule has 0 unspecified atom stereocenters. The van der Waals surface area contributed by atoms with E-state index in [1.165, 1.54) is 12.1 Å². The second-order valence-corrected chi connectivity index (χ2v) is 10.1. The highest BCUT2D eigenvalue weighted by molar-refractivity contribution is 5.97. The molecular weight excluding hydrogens is 505 g/mol. The van der Waals surface area contributed by atoms with E-state index in [-0.39, 0.29) is 36.0 Å². The number of fused-ring (bicyclic) bond motifs is 1. The van der Waals surface area contributed by atoms with E-state index in [1.54, 1.807) is 30.6 Å². The van der Waals surface area contributed by atoms with E-state index in [2.05, 4.69) is 20.6 Å². The van der Waals surface area contributed by atoms with Gasteiger partial charge in [-0.05, 0) is 54.3 Å². The van der Waals surface area contributed by atoms with Gasteiger partial charge in [-0.3, -0.25) is 14.2 Å². The maximum Gasteiger partial charge on any atom is 0.251 e. The van der Waals surface area contributed by atoms with Crippen molar-refractivity contribution in [1.29, 1.82) is 0 Å². The molecule has 1 atom stereocenters. The van der Waals surface area contributed by atoms with Crippen LogP contribution in [0.4, 0.5) is 10.1 Å². The molecule has 8 heteroatoms. The Labute approximate surface area is 232 Å². The molecule has 2 N–H and O–H groups in total. The Kier molecular flexibility index (Phi) is 7.68. The Morgan fingerprint density at radius 3 is 2.42 bits per heavy atom. The van der Waals surface area contributed by atoms with Gasteiger partial charge in [0.2, 0.25) is 0 Å². The lowest BCUT2D eigenvalue weighted by Crippen LogP contribution is -2.27. The molecule has 40 heavy (non-hydrogen) atoms. The van der Waals surface area contributed by atoms with Crippen LogP contribution >= 0.6 is 0 Å². The van der Waals surface area contributed by atoms with E-state index >= 15 is 0 Å². The summed E-state index contributed by atoms with van der Waals surface area (Å²) < 4.78 is 15.2. The van der Waals surface area contributed by atoms with E-state index in [0.29, 0.717) is 22.5 Å². The van der Waals surface area contributed by atoms with Crippen LogP contribution in [0.2, 0.25) is 0 Å². The number of pyridine rings is 1. The Bertz CT molecular complexity index is 1680. The fourth-order valence-corrected chi connectivity index (χ4v) is 4.33. The number of anilines is 1. The van der Waals surface area contributed by atoms with Crippen LogP contribution in [0.5, 0.6) is 0 Å². The summed E-state index contributed by atoms with van der Waals surface area (Å²) in [6, 6.07) is 21.0. The minimum absolute atomic E-state index is 0.0630. The number of hydrogen-bond donors (Lipinski definition) is 2. The Hall–Kier alpha value is -4.85. The van der Waals surface area contributed by atoms with Crippen LogP contribution in [0.3, 0.4) is 0 Å². The molecule has 0 spiro atoms. The van der Waals surface area contributed by atoms with Gasteiger partial charge in [0.1, 0.15) is 18.0 Å². The molecule has 0 saturated heterocycles. The molecule has 0 saturated carbocycles. The van der Waals surface area contributed by atoms with Gasteiger partial charge in [0.15, 0.2) is 5.78 Å². The van der Waals surface area contributed by atoms with Crippen LogP contribution < -0.4 is 10.6 Å². The molecule has 0 bridgehead atoms. The summed E-state index contributed by atoms with van der Waals surface area (Å²) in [6.45, 7) is 5.69. The van der Waals surface area contributed by atoms with Crippen molar-refractivity contribution in [2.45, 2.75) is 26.8 Å². The number of rotatable bonds is 9. The fraction of sp³-hybridized carbons (Fsp3) is 0.188. The van der Waals surface area contributed by atoms with E-state index < -0.39 is 0 Å². The van der Waals surface area contributed by atoms with Crippen LogP contribution in [-0.4, -0.2) is 32.8 Å². The molecule has 202 valence electrons. The highest BCUT2D eigenvalue weighted by Crippen LogP contribution is 2.26. The average molecular weight is 536 g/mol. The van der Waals surface area contributed by atoms with E-state index in [0.717, 1.165) is 22.2 Å². The zero-order valence-corrected chi connectivity index (χ0v) is 22.6. The maximum atomic E-state index is 13.4. The van der Waals surface area contributed by atoms with Gasteiger partial charge in [-0.25, -0.2) is 14.4 Å². The van der Waals surface area contributed by atoms with Crippen LogP contribution in [0.25, 0.3) is 27.8 Å². The van der Waals surface area contributed by atoms with Crippen molar-refractivity contribution in [2.75, 3.05) is 11.9 Å². The van der Waals surface area contributed by atoms with Gasteiger partial charge < -0.3 is 10.6 Å². The van der Waals surface area contributed by atoms with Crippen molar-refractivity contribution in [3.8, 4) is 17.1 Å². The number of nitrogens with zero attached hydrogens (tertiary/aromatic N) is 3. The van der Waals surface area contributed by atoms with Gasteiger partial charge in [-0.15, -0.1) is 0 Å². The molecule has 2 heterocycles. The number of ketones is 1. The summed E-state index contributed by atoms with van der Waals surface area (Å²) in [4.78, 5) is 34.7. The topological polar surface area (TPSA) is 88.9 Å². The van der Waals surface area contributed by atoms with Gasteiger partial charge >= 0.3 is 0 Å². The monoisotopic (exact) mass is 535 g/mol. The van der Waals surface area contributed by atoms with Crippen molar-refractivity contribution in [1.82, 2.24) is 19.9 Å². The largest absolute Gasteiger partial charge is 0.378 e. The smallest absolute Gasteiger partial charge is 0.251 e. The predicted octanol–water partition coefficient (Wildman–Crippen LogP) is 6.35. The van der Waals surface area contributed by atoms with Gasteiger partial charge in [0.25, 0.3) is 5.91 Å². The molecule has 5 aromatic rings. The van der Waals surface area contributed by atoms with Crippen molar-refractivity contribution >= 4 is 28.2 Å². The number of imidazole rings is 1. The van der Waals surface area contributed by atoms with Gasteiger partial charge in [-0.1, -0.05) is 50.2 Å². The highest BCUT2D eigenvalue weighted by Gasteiger charge is 2.16. The Morgan fingerprint density at radius 2 is 1.68 bits per heavy atom. The Balaban J connectivity index is 1.45. The number of halogens is 1. The molecule has 0 aliphatic carbocycles. The standard InChI is InChI=1S/C32H30FN5O2/c1-20(2)30(39)17-34-28-13-25(12-26(14-28)32(40)37-21(3)22-8-10-27(33)11-9-22)29-18-38(19-36-29)31-15-23-6-4-5-7-24(23)16-35-31/h4-16,18-21,34H,17H2,1-3H3,(H,37,40)/t21-/m1/s1. The van der Waals surface area contributed by atoms with Crippen molar-refractivity contribution < 1.29 is 14.0 Å². The number of aromatic nitrogens is 3. The quantitative estimate of drug-likeness (QED) is 0.229. The van der Waals surface area contributed by atoms with E-state index in [1.807, 2.05) is 74.1 Å². The normalized spacial score (nSPS) is 11.9. The first-order chi connectivity index (χ1) is 19.3. The first-order valence-electron chi connectivity index (χ1n) is 13.1. The lowest BCUT2D eigenvalue weighted by atomic mass is 10.0. The molecular formula is C32H30FN5O2. The molecule has 5 rings (SSSR count). The third-order valence-electron chi connectivity index (χ3n) is 6.78. The highest BCUT2D eigenvalue weighted by atomic mass is 19.1. The maximum absolute atomic E-state index is 13.4. The van der Waals surface area contributed by atoms with Crippen LogP contribution in [-0.2, 0) is 4.79 Å². The van der Waals surface area contributed by atoms with E-state index in [9.17, 15) is 14.0 Å². The minimum Gasteiger partial charge on any atom is -0.378 e. The van der Waals surface area contributed by atoms with Gasteiger partial charge in [0.05, 0.1) is 18.3 Å². The first kappa shape index (κ1) is 26.7. The van der Waals surface area contributed by atoms with Crippen LogP contribution in [0.15, 0.2) is 91.5 Å². The summed E-state index contributed by atoms with van der Waals surface area (Å²) in [5, 5.41) is 8.26. The van der Waals surface area contributed by atoms with Gasteiger partial charge in [-0.2, -0.15) is 0 Å². The number of nitrogens with one attached hydrogen (secondary N) is 2. The van der Waals surface area contributed by atoms with Crippen molar-refractivity contribution in [3.05, 3.63) is 108 Å². The molecule has 1 amide bonds. The van der Waals surface area contributed by atoms with Crippen LogP contribution in [0.1, 0.15) is 42.7 Å². The zero-order valence-electron chi connectivity index (χ0n) is 22.6. The van der Waals surface area contributed by atoms with Crippen molar-refractivity contribution in [2.24, 2.45) is 5.92 Å². The molecule has 0 radical (unpaired) electrons.